The number of pyridine rings is 1. The highest BCUT2D eigenvalue weighted by molar-refractivity contribution is 9.10. The Morgan fingerprint density at radius 3 is 2.50 bits per heavy atom. The van der Waals surface area contributed by atoms with E-state index in [9.17, 15) is 13.2 Å². The fourth-order valence-electron chi connectivity index (χ4n) is 3.34. The van der Waals surface area contributed by atoms with E-state index in [0.29, 0.717) is 16.5 Å². The summed E-state index contributed by atoms with van der Waals surface area (Å²) in [5, 5.41) is 9.82. The van der Waals surface area contributed by atoms with Crippen LogP contribution in [-0.2, 0) is 21.2 Å². The van der Waals surface area contributed by atoms with E-state index in [1.807, 2.05) is 24.3 Å². The topological polar surface area (TPSA) is 89.3 Å². The molecule has 30 heavy (non-hydrogen) atoms. The number of nitrogens with zero attached hydrogens (tertiary/aromatic N) is 2. The van der Waals surface area contributed by atoms with Crippen molar-refractivity contribution in [1.29, 1.82) is 0 Å². The zero-order chi connectivity index (χ0) is 21.3. The average molecular weight is 485 g/mol. The van der Waals surface area contributed by atoms with Gasteiger partial charge in [0, 0.05) is 40.4 Å². The molecule has 4 aromatic rings. The molecule has 0 fully saturated rings. The van der Waals surface area contributed by atoms with Gasteiger partial charge in [0.15, 0.2) is 0 Å². The van der Waals surface area contributed by atoms with E-state index in [1.165, 1.54) is 22.3 Å². The van der Waals surface area contributed by atoms with E-state index in [-0.39, 0.29) is 17.7 Å². The van der Waals surface area contributed by atoms with Crippen LogP contribution >= 0.6 is 15.9 Å². The second-order valence-electron chi connectivity index (χ2n) is 6.78. The Morgan fingerprint density at radius 2 is 1.83 bits per heavy atom. The van der Waals surface area contributed by atoms with Gasteiger partial charge in [-0.2, -0.15) is 0 Å². The third-order valence-electron chi connectivity index (χ3n) is 4.83. The van der Waals surface area contributed by atoms with Gasteiger partial charge in [-0.15, -0.1) is 0 Å². The van der Waals surface area contributed by atoms with Crippen LogP contribution in [0.4, 0.5) is 0 Å². The molecule has 2 heterocycles. The summed E-state index contributed by atoms with van der Waals surface area (Å²) in [6.45, 7) is 0. The molecule has 2 aromatic heterocycles. The van der Waals surface area contributed by atoms with E-state index in [4.69, 9.17) is 5.11 Å². The summed E-state index contributed by atoms with van der Waals surface area (Å²) in [6, 6.07) is 15.6. The molecule has 0 aliphatic carbocycles. The van der Waals surface area contributed by atoms with Gasteiger partial charge in [0.25, 0.3) is 10.0 Å². The molecule has 0 spiro atoms. The first-order chi connectivity index (χ1) is 14.4. The van der Waals surface area contributed by atoms with Gasteiger partial charge in [0.1, 0.15) is 0 Å². The largest absolute Gasteiger partial charge is 0.481 e. The first-order valence-corrected chi connectivity index (χ1v) is 11.4. The summed E-state index contributed by atoms with van der Waals surface area (Å²) in [5.74, 6) is -0.935. The first kappa shape index (κ1) is 20.3. The lowest BCUT2D eigenvalue weighted by Crippen LogP contribution is -2.11. The number of aliphatic carboxylic acids is 1. The summed E-state index contributed by atoms with van der Waals surface area (Å²) in [4.78, 5) is 15.4. The number of hydrogen-bond donors (Lipinski definition) is 1. The fourth-order valence-corrected chi connectivity index (χ4v) is 4.99. The van der Waals surface area contributed by atoms with Crippen molar-refractivity contribution in [3.05, 3.63) is 83.2 Å². The van der Waals surface area contributed by atoms with Gasteiger partial charge >= 0.3 is 5.97 Å². The zero-order valence-corrected chi connectivity index (χ0v) is 18.1. The Kier molecular flexibility index (Phi) is 5.44. The molecule has 0 atom stereocenters. The zero-order valence-electron chi connectivity index (χ0n) is 15.7. The van der Waals surface area contributed by atoms with Crippen LogP contribution in [-0.4, -0.2) is 28.5 Å². The van der Waals surface area contributed by atoms with Crippen LogP contribution in [0.5, 0.6) is 0 Å². The van der Waals surface area contributed by atoms with Gasteiger partial charge in [0.05, 0.1) is 10.4 Å². The summed E-state index contributed by atoms with van der Waals surface area (Å²) in [7, 11) is -3.84. The minimum atomic E-state index is -3.84. The molecule has 0 amide bonds. The number of aromatic nitrogens is 2. The van der Waals surface area contributed by atoms with Crippen LogP contribution in [0.25, 0.3) is 22.0 Å². The van der Waals surface area contributed by atoms with Crippen molar-refractivity contribution in [3.63, 3.8) is 0 Å². The Balaban J connectivity index is 1.90. The SMILES string of the molecule is O=C(O)CCc1cn(S(=O)(=O)c2ccc(Br)cc2)c2ccc(-c3cccnc3)cc12. The number of benzene rings is 2. The molecular weight excluding hydrogens is 468 g/mol. The average Bonchev–Trinajstić information content (AvgIpc) is 3.12. The van der Waals surface area contributed by atoms with Crippen LogP contribution < -0.4 is 0 Å². The van der Waals surface area contributed by atoms with Gasteiger partial charge in [0.2, 0.25) is 0 Å². The van der Waals surface area contributed by atoms with Crippen LogP contribution in [0.15, 0.2) is 82.6 Å². The Morgan fingerprint density at radius 1 is 1.07 bits per heavy atom. The molecule has 0 saturated heterocycles. The molecule has 6 nitrogen and oxygen atoms in total. The van der Waals surface area contributed by atoms with Crippen molar-refractivity contribution in [1.82, 2.24) is 8.96 Å². The number of fused-ring (bicyclic) bond motifs is 1. The molecule has 8 heteroatoms. The minimum Gasteiger partial charge on any atom is -0.481 e. The number of aryl methyl sites for hydroxylation is 1. The maximum Gasteiger partial charge on any atom is 0.303 e. The summed E-state index contributed by atoms with van der Waals surface area (Å²) in [5.41, 5.74) is 2.95. The van der Waals surface area contributed by atoms with Gasteiger partial charge in [-0.1, -0.05) is 28.1 Å². The van der Waals surface area contributed by atoms with Crippen LogP contribution in [0.3, 0.4) is 0 Å². The number of hydrogen-bond acceptors (Lipinski definition) is 4. The quantitative estimate of drug-likeness (QED) is 0.427. The second kappa shape index (κ2) is 8.04. The van der Waals surface area contributed by atoms with Gasteiger partial charge in [-0.3, -0.25) is 9.78 Å². The summed E-state index contributed by atoms with van der Waals surface area (Å²) >= 11 is 3.31. The van der Waals surface area contributed by atoms with E-state index in [0.717, 1.165) is 15.6 Å². The van der Waals surface area contributed by atoms with Crippen molar-refractivity contribution in [2.45, 2.75) is 17.7 Å². The van der Waals surface area contributed by atoms with Crippen molar-refractivity contribution in [3.8, 4) is 11.1 Å². The molecule has 2 aromatic carbocycles. The smallest absolute Gasteiger partial charge is 0.303 e. The molecule has 0 aliphatic rings. The highest BCUT2D eigenvalue weighted by Gasteiger charge is 2.22. The third kappa shape index (κ3) is 3.88. The number of rotatable bonds is 6. The van der Waals surface area contributed by atoms with Crippen molar-refractivity contribution in [2.24, 2.45) is 0 Å². The number of carboxylic acid groups (broad SMARTS) is 1. The second-order valence-corrected chi connectivity index (χ2v) is 9.51. The van der Waals surface area contributed by atoms with E-state index in [1.54, 1.807) is 30.6 Å². The van der Waals surface area contributed by atoms with Crippen LogP contribution in [0.2, 0.25) is 0 Å². The van der Waals surface area contributed by atoms with Gasteiger partial charge < -0.3 is 5.11 Å². The number of carboxylic acids is 1. The third-order valence-corrected chi connectivity index (χ3v) is 7.04. The Hall–Kier alpha value is -2.97. The van der Waals surface area contributed by atoms with Crippen molar-refractivity contribution < 1.29 is 18.3 Å². The molecule has 0 saturated carbocycles. The van der Waals surface area contributed by atoms with E-state index in [2.05, 4.69) is 20.9 Å². The van der Waals surface area contributed by atoms with Crippen LogP contribution in [0.1, 0.15) is 12.0 Å². The first-order valence-electron chi connectivity index (χ1n) is 9.13. The highest BCUT2D eigenvalue weighted by atomic mass is 79.9. The van der Waals surface area contributed by atoms with Gasteiger partial charge in [-0.25, -0.2) is 12.4 Å². The predicted octanol–water partition coefficient (Wildman–Crippen LogP) is 4.72. The lowest BCUT2D eigenvalue weighted by atomic mass is 10.0. The molecule has 0 unspecified atom stereocenters. The molecule has 0 aliphatic heterocycles. The monoisotopic (exact) mass is 484 g/mol. The molecular formula is C22H17BrN2O4S. The fraction of sp³-hybridized carbons (Fsp3) is 0.0909. The van der Waals surface area contributed by atoms with Crippen molar-refractivity contribution in [2.75, 3.05) is 0 Å². The Bertz CT molecular complexity index is 1330. The van der Waals surface area contributed by atoms with Gasteiger partial charge in [-0.05, 0) is 60.0 Å². The standard InChI is InChI=1S/C22H17BrN2O4S/c23-18-5-7-19(8-6-18)30(28,29)25-14-17(4-10-22(26)27)20-12-15(3-9-21(20)25)16-2-1-11-24-13-16/h1-3,5-9,11-14H,4,10H2,(H,26,27). The molecule has 0 radical (unpaired) electrons. The van der Waals surface area contributed by atoms with Crippen molar-refractivity contribution >= 4 is 42.8 Å². The maximum absolute atomic E-state index is 13.3. The minimum absolute atomic E-state index is 0.0887. The number of carbonyl (C=O) groups is 1. The highest BCUT2D eigenvalue weighted by Crippen LogP contribution is 2.31. The van der Waals surface area contributed by atoms with E-state index < -0.39 is 16.0 Å². The summed E-state index contributed by atoms with van der Waals surface area (Å²) in [6.07, 6.45) is 5.08. The lowest BCUT2D eigenvalue weighted by Gasteiger charge is -2.08. The van der Waals surface area contributed by atoms with Crippen LogP contribution in [0, 0.1) is 0 Å². The molecule has 152 valence electrons. The maximum atomic E-state index is 13.3. The predicted molar refractivity (Wildman–Crippen MR) is 118 cm³/mol. The molecule has 4 rings (SSSR count). The lowest BCUT2D eigenvalue weighted by molar-refractivity contribution is -0.136. The molecule has 1 N–H and O–H groups in total. The molecule has 0 bridgehead atoms. The Labute approximate surface area is 182 Å². The normalized spacial score (nSPS) is 11.6. The van der Waals surface area contributed by atoms with E-state index >= 15 is 0 Å². The summed E-state index contributed by atoms with van der Waals surface area (Å²) < 4.78 is 28.6. The number of halogens is 1.